The van der Waals surface area contributed by atoms with E-state index in [9.17, 15) is 0 Å². The highest BCUT2D eigenvalue weighted by atomic mass is 79.9. The number of fused-ring (bicyclic) bond motifs is 1. The lowest BCUT2D eigenvalue weighted by Gasteiger charge is -2.36. The van der Waals surface area contributed by atoms with Crippen LogP contribution >= 0.6 is 38.9 Å². The molecule has 0 spiro atoms. The third kappa shape index (κ3) is 3.37. The van der Waals surface area contributed by atoms with Crippen molar-refractivity contribution >= 4 is 54.9 Å². The van der Waals surface area contributed by atoms with Crippen LogP contribution in [0.25, 0.3) is 21.3 Å². The molecule has 3 nitrogen and oxygen atoms in total. The van der Waals surface area contributed by atoms with E-state index in [4.69, 9.17) is 11.6 Å². The summed E-state index contributed by atoms with van der Waals surface area (Å²) < 4.78 is 1.08. The molecule has 1 fully saturated rings. The van der Waals surface area contributed by atoms with E-state index in [2.05, 4.69) is 75.8 Å². The molecule has 0 amide bonds. The average Bonchev–Trinajstić information content (AvgIpc) is 2.89. The largest absolute Gasteiger partial charge is 0.355 e. The topological polar surface area (TPSA) is 29.0 Å². The number of rotatable bonds is 2. The smallest absolute Gasteiger partial charge is 0.225 e. The normalized spacial score (nSPS) is 20.7. The first-order valence-electron chi connectivity index (χ1n) is 8.90. The van der Waals surface area contributed by atoms with Gasteiger partial charge in [-0.1, -0.05) is 41.9 Å². The summed E-state index contributed by atoms with van der Waals surface area (Å²) in [7, 11) is 0. The molecule has 1 aliphatic rings. The first kappa shape index (κ1) is 18.2. The van der Waals surface area contributed by atoms with Gasteiger partial charge in [-0.25, -0.2) is 4.98 Å². The molecule has 0 bridgehead atoms. The number of aromatic nitrogens is 2. The Hall–Kier alpha value is -1.17. The van der Waals surface area contributed by atoms with Gasteiger partial charge in [-0.15, -0.1) is 11.3 Å². The lowest BCUT2D eigenvalue weighted by molar-refractivity contribution is 0.356. The Labute approximate surface area is 171 Å². The SMILES string of the molecule is Cc1sc2nc(Cl)nc(N3CC(C)CC(C)C3)c2c1-c1ccc(Br)cc1. The number of benzene rings is 1. The maximum absolute atomic E-state index is 6.30. The van der Waals surface area contributed by atoms with Gasteiger partial charge in [0.2, 0.25) is 5.28 Å². The van der Waals surface area contributed by atoms with Gasteiger partial charge in [0.15, 0.2) is 0 Å². The van der Waals surface area contributed by atoms with Crippen molar-refractivity contribution in [2.24, 2.45) is 11.8 Å². The van der Waals surface area contributed by atoms with Gasteiger partial charge in [0.1, 0.15) is 10.6 Å². The zero-order chi connectivity index (χ0) is 18.4. The van der Waals surface area contributed by atoms with Crippen molar-refractivity contribution in [3.8, 4) is 11.1 Å². The van der Waals surface area contributed by atoms with E-state index in [1.807, 2.05) is 0 Å². The Morgan fingerprint density at radius 2 is 1.77 bits per heavy atom. The highest BCUT2D eigenvalue weighted by Gasteiger charge is 2.27. The van der Waals surface area contributed by atoms with Crippen LogP contribution in [0, 0.1) is 18.8 Å². The van der Waals surface area contributed by atoms with E-state index in [0.29, 0.717) is 17.1 Å². The van der Waals surface area contributed by atoms with E-state index in [1.54, 1.807) is 11.3 Å². The van der Waals surface area contributed by atoms with Gasteiger partial charge in [0.25, 0.3) is 0 Å². The van der Waals surface area contributed by atoms with Crippen LogP contribution in [0.1, 0.15) is 25.1 Å². The van der Waals surface area contributed by atoms with E-state index >= 15 is 0 Å². The molecule has 0 N–H and O–H groups in total. The van der Waals surface area contributed by atoms with Gasteiger partial charge in [0.05, 0.1) is 5.39 Å². The monoisotopic (exact) mass is 449 g/mol. The number of thiophene rings is 1. The van der Waals surface area contributed by atoms with Gasteiger partial charge in [0, 0.05) is 28.0 Å². The molecule has 3 heterocycles. The lowest BCUT2D eigenvalue weighted by atomic mass is 9.91. The fourth-order valence-corrected chi connectivity index (χ4v) is 5.62. The van der Waals surface area contributed by atoms with Gasteiger partial charge < -0.3 is 4.90 Å². The second-order valence-electron chi connectivity index (χ2n) is 7.39. The number of nitrogens with zero attached hydrogens (tertiary/aromatic N) is 3. The molecular formula is C20H21BrClN3S. The number of piperidine rings is 1. The highest BCUT2D eigenvalue weighted by molar-refractivity contribution is 9.10. The van der Waals surface area contributed by atoms with E-state index in [1.165, 1.54) is 22.4 Å². The molecule has 0 saturated carbocycles. The van der Waals surface area contributed by atoms with Crippen LogP contribution < -0.4 is 4.90 Å². The molecule has 2 atom stereocenters. The molecule has 26 heavy (non-hydrogen) atoms. The first-order chi connectivity index (χ1) is 12.4. The molecule has 1 aliphatic heterocycles. The Kier molecular flexibility index (Phi) is 4.97. The lowest BCUT2D eigenvalue weighted by Crippen LogP contribution is -2.39. The molecule has 0 aliphatic carbocycles. The Morgan fingerprint density at radius 1 is 1.12 bits per heavy atom. The van der Waals surface area contributed by atoms with E-state index in [-0.39, 0.29) is 0 Å². The molecule has 4 rings (SSSR count). The third-order valence-electron chi connectivity index (χ3n) is 4.98. The zero-order valence-corrected chi connectivity index (χ0v) is 18.2. The van der Waals surface area contributed by atoms with E-state index in [0.717, 1.165) is 33.6 Å². The second-order valence-corrected chi connectivity index (χ2v) is 9.84. The maximum Gasteiger partial charge on any atom is 0.225 e. The minimum Gasteiger partial charge on any atom is -0.355 e. The van der Waals surface area contributed by atoms with Gasteiger partial charge in [-0.05, 0) is 54.5 Å². The molecule has 3 aromatic rings. The van der Waals surface area contributed by atoms with Crippen LogP contribution in [0.3, 0.4) is 0 Å². The van der Waals surface area contributed by atoms with Gasteiger partial charge >= 0.3 is 0 Å². The van der Waals surface area contributed by atoms with Crippen molar-refractivity contribution in [3.63, 3.8) is 0 Å². The fourth-order valence-electron chi connectivity index (χ4n) is 4.10. The van der Waals surface area contributed by atoms with Gasteiger partial charge in [-0.2, -0.15) is 4.98 Å². The number of hydrogen-bond acceptors (Lipinski definition) is 4. The number of anilines is 1. The standard InChI is InChI=1S/C20H21BrClN3S/c1-11-8-12(2)10-25(9-11)18-17-16(14-4-6-15(21)7-5-14)13(3)26-19(17)24-20(22)23-18/h4-7,11-12H,8-10H2,1-3H3. The number of hydrogen-bond donors (Lipinski definition) is 0. The Morgan fingerprint density at radius 3 is 2.42 bits per heavy atom. The maximum atomic E-state index is 6.30. The van der Waals surface area contributed by atoms with Crippen LogP contribution in [-0.4, -0.2) is 23.1 Å². The third-order valence-corrected chi connectivity index (χ3v) is 6.68. The summed E-state index contributed by atoms with van der Waals surface area (Å²) in [6.07, 6.45) is 1.26. The predicted molar refractivity (Wildman–Crippen MR) is 115 cm³/mol. The fraction of sp³-hybridized carbons (Fsp3) is 0.400. The number of aryl methyl sites for hydroxylation is 1. The van der Waals surface area contributed by atoms with Crippen LogP contribution in [-0.2, 0) is 0 Å². The molecule has 2 unspecified atom stereocenters. The van der Waals surface area contributed by atoms with Crippen LogP contribution in [0.15, 0.2) is 28.7 Å². The van der Waals surface area contributed by atoms with Crippen molar-refractivity contribution in [3.05, 3.63) is 38.9 Å². The van der Waals surface area contributed by atoms with E-state index < -0.39 is 0 Å². The Balaban J connectivity index is 1.93. The summed E-state index contributed by atoms with van der Waals surface area (Å²) in [5.41, 5.74) is 2.43. The molecule has 0 radical (unpaired) electrons. The van der Waals surface area contributed by atoms with Crippen molar-refractivity contribution in [2.75, 3.05) is 18.0 Å². The summed E-state index contributed by atoms with van der Waals surface area (Å²) in [5.74, 6) is 2.29. The minimum atomic E-state index is 0.335. The molecule has 2 aromatic heterocycles. The summed E-state index contributed by atoms with van der Waals surface area (Å²) in [6, 6.07) is 8.47. The zero-order valence-electron chi connectivity index (χ0n) is 15.1. The average molecular weight is 451 g/mol. The summed E-state index contributed by atoms with van der Waals surface area (Å²) in [6.45, 7) is 8.82. The molecule has 6 heteroatoms. The minimum absolute atomic E-state index is 0.335. The van der Waals surface area contributed by atoms with Gasteiger partial charge in [-0.3, -0.25) is 0 Å². The van der Waals surface area contributed by atoms with Crippen LogP contribution in [0.4, 0.5) is 5.82 Å². The number of halogens is 2. The first-order valence-corrected chi connectivity index (χ1v) is 10.9. The molecule has 1 saturated heterocycles. The van der Waals surface area contributed by atoms with Crippen molar-refractivity contribution in [1.29, 1.82) is 0 Å². The van der Waals surface area contributed by atoms with Crippen LogP contribution in [0.5, 0.6) is 0 Å². The quantitative estimate of drug-likeness (QED) is 0.414. The van der Waals surface area contributed by atoms with Crippen molar-refractivity contribution in [2.45, 2.75) is 27.2 Å². The second kappa shape index (κ2) is 7.10. The summed E-state index contributed by atoms with van der Waals surface area (Å²) in [5, 5.41) is 1.47. The van der Waals surface area contributed by atoms with Crippen LogP contribution in [0.2, 0.25) is 5.28 Å². The van der Waals surface area contributed by atoms with Crippen molar-refractivity contribution < 1.29 is 0 Å². The highest BCUT2D eigenvalue weighted by Crippen LogP contribution is 2.43. The molecule has 1 aromatic carbocycles. The van der Waals surface area contributed by atoms with Crippen molar-refractivity contribution in [1.82, 2.24) is 9.97 Å². The predicted octanol–water partition coefficient (Wildman–Crippen LogP) is 6.56. The summed E-state index contributed by atoms with van der Waals surface area (Å²) in [4.78, 5) is 13.8. The summed E-state index contributed by atoms with van der Waals surface area (Å²) >= 11 is 11.5. The molecular weight excluding hydrogens is 430 g/mol. The molecule has 136 valence electrons. The Bertz CT molecular complexity index is 944.